The standard InChI is InChI=1S/C22H27N3O10S/c1-22(2)15(20(33)35-21-13(28)11(26)12(27)14(34-21)19(31)32)25-17(30)10(18(25)36-22)24-16(29)9(23)8-6-4-3-5-7-8/h3-7,9-15,18,21,26-28H,23H2,1-2H3,(H,24,29)(H,31,32)/t9-,10-,11?,12?,13?,14?,15+,18-,21?/m1/s1. The van der Waals surface area contributed by atoms with Crippen LogP contribution in [0.3, 0.4) is 0 Å². The smallest absolute Gasteiger partial charge is 0.335 e. The summed E-state index contributed by atoms with van der Waals surface area (Å²) < 4.78 is 9.28. The molecule has 14 heteroatoms. The number of thioether (sulfide) groups is 1. The van der Waals surface area contributed by atoms with E-state index in [9.17, 15) is 39.6 Å². The van der Waals surface area contributed by atoms with E-state index in [1.165, 1.54) is 16.7 Å². The first-order chi connectivity index (χ1) is 16.8. The van der Waals surface area contributed by atoms with Gasteiger partial charge in [0.15, 0.2) is 6.10 Å². The molecule has 0 radical (unpaired) electrons. The first kappa shape index (κ1) is 26.3. The molecular weight excluding hydrogens is 498 g/mol. The van der Waals surface area contributed by atoms with Gasteiger partial charge in [-0.25, -0.2) is 9.59 Å². The third-order valence-corrected chi connectivity index (χ3v) is 8.02. The van der Waals surface area contributed by atoms with Crippen LogP contribution in [0.5, 0.6) is 0 Å². The molecule has 2 amide bonds. The van der Waals surface area contributed by atoms with E-state index in [1.54, 1.807) is 44.2 Å². The second-order valence-electron chi connectivity index (χ2n) is 9.31. The number of carboxylic acids is 1. The Kier molecular flexibility index (Phi) is 7.02. The Labute approximate surface area is 209 Å². The monoisotopic (exact) mass is 525 g/mol. The highest BCUT2D eigenvalue weighted by Gasteiger charge is 2.65. The van der Waals surface area contributed by atoms with Crippen molar-refractivity contribution in [1.29, 1.82) is 0 Å². The summed E-state index contributed by atoms with van der Waals surface area (Å²) in [6, 6.07) is 5.52. The molecule has 1 aromatic carbocycles. The number of benzene rings is 1. The predicted molar refractivity (Wildman–Crippen MR) is 122 cm³/mol. The Morgan fingerprint density at radius 3 is 2.39 bits per heavy atom. The normalized spacial score (nSPS) is 35.8. The van der Waals surface area contributed by atoms with Crippen LogP contribution in [-0.4, -0.2) is 102 Å². The lowest BCUT2D eigenvalue weighted by molar-refractivity contribution is -0.287. The minimum atomic E-state index is -1.95. The Morgan fingerprint density at radius 1 is 1.14 bits per heavy atom. The van der Waals surface area contributed by atoms with E-state index in [2.05, 4.69) is 5.32 Å². The SMILES string of the molecule is CC1(C)S[C@@H]2[C@H](NC(=O)[C@H](N)c3ccccc3)C(=O)N2[C@H]1C(=O)OC1OC(C(=O)O)C(O)C(O)C1O. The summed E-state index contributed by atoms with van der Waals surface area (Å²) in [5.74, 6) is -3.74. The van der Waals surface area contributed by atoms with Gasteiger partial charge in [0.25, 0.3) is 0 Å². The summed E-state index contributed by atoms with van der Waals surface area (Å²) in [5, 5.41) is 41.1. The quantitative estimate of drug-likeness (QED) is 0.171. The number of fused-ring (bicyclic) bond motifs is 1. The molecule has 3 aliphatic heterocycles. The number of nitrogens with one attached hydrogen (secondary N) is 1. The molecule has 4 rings (SSSR count). The number of β-lactam (4-membered cyclic amide) rings is 1. The lowest BCUT2D eigenvalue weighted by Gasteiger charge is -2.44. The second kappa shape index (κ2) is 9.61. The van der Waals surface area contributed by atoms with Crippen LogP contribution in [-0.2, 0) is 28.7 Å². The van der Waals surface area contributed by atoms with Crippen molar-refractivity contribution in [2.24, 2.45) is 5.73 Å². The van der Waals surface area contributed by atoms with Crippen molar-refractivity contribution < 1.29 is 49.1 Å². The van der Waals surface area contributed by atoms with Crippen molar-refractivity contribution >= 4 is 35.5 Å². The summed E-state index contributed by atoms with van der Waals surface area (Å²) in [4.78, 5) is 51.2. The number of rotatable bonds is 6. The molecule has 3 saturated heterocycles. The van der Waals surface area contributed by atoms with E-state index in [0.29, 0.717) is 5.56 Å². The number of aliphatic hydroxyl groups excluding tert-OH is 3. The van der Waals surface area contributed by atoms with Crippen molar-refractivity contribution in [3.63, 3.8) is 0 Å². The zero-order valence-electron chi connectivity index (χ0n) is 19.3. The van der Waals surface area contributed by atoms with E-state index in [-0.39, 0.29) is 0 Å². The van der Waals surface area contributed by atoms with Gasteiger partial charge in [-0.3, -0.25) is 9.59 Å². The maximum atomic E-state index is 13.1. The number of hydrogen-bond donors (Lipinski definition) is 6. The first-order valence-electron chi connectivity index (χ1n) is 11.1. The molecule has 36 heavy (non-hydrogen) atoms. The van der Waals surface area contributed by atoms with E-state index in [0.717, 1.165) is 0 Å². The van der Waals surface area contributed by atoms with Gasteiger partial charge in [-0.05, 0) is 19.4 Å². The third kappa shape index (κ3) is 4.44. The van der Waals surface area contributed by atoms with Crippen molar-refractivity contribution in [3.05, 3.63) is 35.9 Å². The predicted octanol–water partition coefficient (Wildman–Crippen LogP) is -2.33. The van der Waals surface area contributed by atoms with Crippen molar-refractivity contribution in [2.45, 2.75) is 72.8 Å². The summed E-state index contributed by atoms with van der Waals surface area (Å²) in [5.41, 5.74) is 6.58. The number of ether oxygens (including phenoxy) is 2. The van der Waals surface area contributed by atoms with Crippen LogP contribution in [0.25, 0.3) is 0 Å². The molecule has 5 unspecified atom stereocenters. The minimum absolute atomic E-state index is 0.544. The molecule has 0 spiro atoms. The Bertz CT molecular complexity index is 1060. The van der Waals surface area contributed by atoms with Crippen LogP contribution in [0.4, 0.5) is 0 Å². The summed E-state index contributed by atoms with van der Waals surface area (Å²) in [6.45, 7) is 3.36. The zero-order valence-corrected chi connectivity index (χ0v) is 20.1. The number of hydrogen-bond acceptors (Lipinski definition) is 11. The summed E-state index contributed by atoms with van der Waals surface area (Å²) >= 11 is 1.25. The highest BCUT2D eigenvalue weighted by Crippen LogP contribution is 2.51. The van der Waals surface area contributed by atoms with Gasteiger partial charge in [0, 0.05) is 4.75 Å². The Morgan fingerprint density at radius 2 is 1.78 bits per heavy atom. The maximum absolute atomic E-state index is 13.1. The number of amides is 2. The highest BCUT2D eigenvalue weighted by molar-refractivity contribution is 8.01. The molecule has 196 valence electrons. The van der Waals surface area contributed by atoms with Crippen LogP contribution in [0.2, 0.25) is 0 Å². The van der Waals surface area contributed by atoms with E-state index < -0.39 is 82.7 Å². The lowest BCUT2D eigenvalue weighted by Crippen LogP contribution is -2.71. The fourth-order valence-corrected chi connectivity index (χ4v) is 6.13. The highest BCUT2D eigenvalue weighted by atomic mass is 32.2. The average molecular weight is 526 g/mol. The third-order valence-electron chi connectivity index (χ3n) is 6.45. The summed E-state index contributed by atoms with van der Waals surface area (Å²) in [7, 11) is 0. The molecule has 0 bridgehead atoms. The fourth-order valence-electron chi connectivity index (χ4n) is 4.51. The molecule has 3 fully saturated rings. The molecule has 3 heterocycles. The average Bonchev–Trinajstić information content (AvgIpc) is 3.10. The number of carboxylic acid groups (broad SMARTS) is 1. The number of aliphatic hydroxyl groups is 3. The number of nitrogens with zero attached hydrogens (tertiary/aromatic N) is 1. The fraction of sp³-hybridized carbons (Fsp3) is 0.545. The minimum Gasteiger partial charge on any atom is -0.479 e. The molecular formula is C22H27N3O10S. The van der Waals surface area contributed by atoms with Crippen molar-refractivity contribution in [3.8, 4) is 0 Å². The number of esters is 1. The van der Waals surface area contributed by atoms with Gasteiger partial charge < -0.3 is 45.9 Å². The van der Waals surface area contributed by atoms with Crippen LogP contribution in [0, 0.1) is 0 Å². The van der Waals surface area contributed by atoms with E-state index >= 15 is 0 Å². The zero-order chi connectivity index (χ0) is 26.5. The van der Waals surface area contributed by atoms with Gasteiger partial charge in [-0.1, -0.05) is 30.3 Å². The van der Waals surface area contributed by atoms with Crippen molar-refractivity contribution in [1.82, 2.24) is 10.2 Å². The van der Waals surface area contributed by atoms with Gasteiger partial charge in [0.1, 0.15) is 41.8 Å². The Balaban J connectivity index is 1.44. The lowest BCUT2D eigenvalue weighted by atomic mass is 9.95. The first-order valence-corrected chi connectivity index (χ1v) is 12.0. The van der Waals surface area contributed by atoms with Crippen LogP contribution < -0.4 is 11.1 Å². The van der Waals surface area contributed by atoms with Gasteiger partial charge >= 0.3 is 11.9 Å². The molecule has 9 atom stereocenters. The van der Waals surface area contributed by atoms with E-state index in [1.807, 2.05) is 0 Å². The number of carbonyl (C=O) groups excluding carboxylic acids is 3. The van der Waals surface area contributed by atoms with Crippen LogP contribution in [0.1, 0.15) is 25.5 Å². The number of nitrogens with two attached hydrogens (primary N) is 1. The van der Waals surface area contributed by atoms with Crippen LogP contribution in [0.15, 0.2) is 30.3 Å². The second-order valence-corrected chi connectivity index (χ2v) is 11.1. The molecule has 1 aromatic rings. The number of aliphatic carboxylic acids is 1. The molecule has 7 N–H and O–H groups in total. The Hall–Kier alpha value is -2.75. The topological polar surface area (TPSA) is 209 Å². The summed E-state index contributed by atoms with van der Waals surface area (Å²) in [6.07, 6.45) is -9.66. The molecule has 0 aromatic heterocycles. The molecule has 0 aliphatic carbocycles. The molecule has 13 nitrogen and oxygen atoms in total. The van der Waals surface area contributed by atoms with E-state index in [4.69, 9.17) is 15.2 Å². The largest absolute Gasteiger partial charge is 0.479 e. The molecule has 3 aliphatic rings. The van der Waals surface area contributed by atoms with Gasteiger partial charge in [0.2, 0.25) is 18.1 Å². The molecule has 0 saturated carbocycles. The van der Waals surface area contributed by atoms with Gasteiger partial charge in [-0.2, -0.15) is 0 Å². The maximum Gasteiger partial charge on any atom is 0.335 e. The van der Waals surface area contributed by atoms with Crippen LogP contribution >= 0.6 is 11.8 Å². The van der Waals surface area contributed by atoms with Crippen molar-refractivity contribution in [2.75, 3.05) is 0 Å². The van der Waals surface area contributed by atoms with Gasteiger partial charge in [-0.15, -0.1) is 11.8 Å². The van der Waals surface area contributed by atoms with Gasteiger partial charge in [0.05, 0.1) is 0 Å². The number of carbonyl (C=O) groups is 4.